The summed E-state index contributed by atoms with van der Waals surface area (Å²) in [6.07, 6.45) is 12.3. The summed E-state index contributed by atoms with van der Waals surface area (Å²) in [4.78, 5) is 27.1. The summed E-state index contributed by atoms with van der Waals surface area (Å²) in [6.45, 7) is 9.42. The van der Waals surface area contributed by atoms with Crippen LogP contribution < -0.4 is 24.3 Å². The van der Waals surface area contributed by atoms with Gasteiger partial charge in [-0.05, 0) is 6.42 Å². The molecule has 2 aliphatic heterocycles. The number of rotatable bonds is 14. The second-order valence-corrected chi connectivity index (χ2v) is 14.8. The number of carbonyl (C=O) groups is 1. The predicted molar refractivity (Wildman–Crippen MR) is 227 cm³/mol. The van der Waals surface area contributed by atoms with Gasteiger partial charge in [-0.3, -0.25) is 4.79 Å². The molecule has 2 aromatic heterocycles. The maximum Gasteiger partial charge on any atom is 0.240 e. The first-order valence-electron chi connectivity index (χ1n) is 22.0. The Morgan fingerprint density at radius 3 is 1.50 bits per heavy atom. The molecular formula is C44H65N5O11. The number of aromatic amines is 1. The number of imidazole rings is 2. The van der Waals surface area contributed by atoms with Crippen LogP contribution in [0.25, 0.3) is 33.7 Å². The molecule has 2 N–H and O–H groups in total. The Kier molecular flexibility index (Phi) is 19.8. The fraction of sp³-hybridized carbons (Fsp3) is 0.659. The van der Waals surface area contributed by atoms with E-state index in [0.29, 0.717) is 169 Å². The highest BCUT2D eigenvalue weighted by atomic mass is 16.6. The van der Waals surface area contributed by atoms with Crippen LogP contribution in [0.3, 0.4) is 0 Å². The molecule has 4 aromatic rings. The number of hydrogen-bond acceptors (Lipinski definition) is 13. The van der Waals surface area contributed by atoms with Gasteiger partial charge in [-0.25, -0.2) is 9.97 Å². The van der Waals surface area contributed by atoms with Crippen LogP contribution in [0.2, 0.25) is 0 Å². The van der Waals surface area contributed by atoms with E-state index in [2.05, 4.69) is 17.2 Å². The lowest BCUT2D eigenvalue weighted by atomic mass is 10.1. The minimum absolute atomic E-state index is 0.0188. The van der Waals surface area contributed by atoms with Crippen molar-refractivity contribution in [2.24, 2.45) is 0 Å². The van der Waals surface area contributed by atoms with Crippen molar-refractivity contribution in [2.45, 2.75) is 77.7 Å². The summed E-state index contributed by atoms with van der Waals surface area (Å²) < 4.78 is 60.3. The van der Waals surface area contributed by atoms with Gasteiger partial charge in [-0.15, -0.1) is 0 Å². The zero-order valence-electron chi connectivity index (χ0n) is 35.4. The van der Waals surface area contributed by atoms with Crippen molar-refractivity contribution < 1.29 is 52.2 Å². The van der Waals surface area contributed by atoms with Crippen LogP contribution in [0.1, 0.15) is 71.1 Å². The van der Waals surface area contributed by atoms with E-state index < -0.39 is 0 Å². The summed E-state index contributed by atoms with van der Waals surface area (Å²) in [7, 11) is 0. The highest BCUT2D eigenvalue weighted by Crippen LogP contribution is 2.37. The fourth-order valence-corrected chi connectivity index (χ4v) is 7.01. The molecule has 2 aliphatic rings. The van der Waals surface area contributed by atoms with Gasteiger partial charge in [0.2, 0.25) is 5.91 Å². The molecule has 332 valence electrons. The quantitative estimate of drug-likeness (QED) is 0.137. The number of unbranched alkanes of at least 4 members (excludes halogenated alkanes) is 9. The number of nitrogens with one attached hydrogen (secondary N) is 2. The molecule has 6 rings (SSSR count). The largest absolute Gasteiger partial charge is 0.487 e. The van der Waals surface area contributed by atoms with Gasteiger partial charge < -0.3 is 62.2 Å². The van der Waals surface area contributed by atoms with Crippen LogP contribution in [0.4, 0.5) is 0 Å². The molecule has 0 unspecified atom stereocenters. The van der Waals surface area contributed by atoms with Crippen LogP contribution in [0.5, 0.6) is 23.0 Å². The van der Waals surface area contributed by atoms with Crippen molar-refractivity contribution >= 4 is 28.0 Å². The first-order valence-corrected chi connectivity index (χ1v) is 22.0. The standard InChI is InChI=1S/C44H65N5O11/c1-2-3-4-5-6-7-8-9-10-11-12-45-42(50)33-49-37-32-41-40(59-27-23-55-19-15-52-16-20-56-24-28-60-41)31-36(37)48-44(49)43-46-34-29-38-39(30-35(34)47-43)58-26-22-54-18-14-51-13-17-53-21-25-57-38/h29-32H,2-28,33H2,1H3,(H,45,50)(H,46,47). The molecule has 1 amide bonds. The van der Waals surface area contributed by atoms with E-state index in [1.807, 2.05) is 28.8 Å². The topological polar surface area (TPSA) is 168 Å². The van der Waals surface area contributed by atoms with Crippen molar-refractivity contribution in [3.8, 4) is 34.6 Å². The number of carbonyl (C=O) groups excluding carboxylic acids is 1. The van der Waals surface area contributed by atoms with Crippen LogP contribution in [0.15, 0.2) is 24.3 Å². The average molecular weight is 840 g/mol. The van der Waals surface area contributed by atoms with Gasteiger partial charge in [-0.2, -0.15) is 0 Å². The van der Waals surface area contributed by atoms with Crippen molar-refractivity contribution in [3.63, 3.8) is 0 Å². The number of hydrogen-bond donors (Lipinski definition) is 2. The fourth-order valence-electron chi connectivity index (χ4n) is 7.01. The van der Waals surface area contributed by atoms with Gasteiger partial charge in [0, 0.05) is 30.8 Å². The normalized spacial score (nSPS) is 17.0. The average Bonchev–Trinajstić information content (AvgIpc) is 3.82. The summed E-state index contributed by atoms with van der Waals surface area (Å²) in [5, 5.41) is 3.15. The molecule has 0 saturated heterocycles. The lowest BCUT2D eigenvalue weighted by Gasteiger charge is -2.14. The van der Waals surface area contributed by atoms with E-state index in [1.165, 1.54) is 51.4 Å². The molecule has 4 heterocycles. The number of aromatic nitrogens is 4. The van der Waals surface area contributed by atoms with Gasteiger partial charge in [-0.1, -0.05) is 64.7 Å². The maximum absolute atomic E-state index is 13.7. The van der Waals surface area contributed by atoms with Crippen LogP contribution in [0, 0.1) is 0 Å². The lowest BCUT2D eigenvalue weighted by molar-refractivity contribution is -0.121. The first-order chi connectivity index (χ1) is 29.7. The smallest absolute Gasteiger partial charge is 0.240 e. The van der Waals surface area contributed by atoms with Gasteiger partial charge in [0.15, 0.2) is 34.6 Å². The van der Waals surface area contributed by atoms with E-state index in [9.17, 15) is 4.79 Å². The molecule has 60 heavy (non-hydrogen) atoms. The van der Waals surface area contributed by atoms with Gasteiger partial charge in [0.1, 0.15) is 33.0 Å². The third-order valence-corrected chi connectivity index (χ3v) is 10.2. The molecule has 2 aromatic carbocycles. The van der Waals surface area contributed by atoms with E-state index in [0.717, 1.165) is 12.8 Å². The number of nitrogens with zero attached hydrogens (tertiary/aromatic N) is 3. The third-order valence-electron chi connectivity index (χ3n) is 10.2. The molecule has 16 nitrogen and oxygen atoms in total. The molecular weight excluding hydrogens is 775 g/mol. The summed E-state index contributed by atoms with van der Waals surface area (Å²) in [5.74, 6) is 2.94. The Morgan fingerprint density at radius 2 is 0.983 bits per heavy atom. The van der Waals surface area contributed by atoms with Crippen LogP contribution in [-0.2, 0) is 39.8 Å². The predicted octanol–water partition coefficient (Wildman–Crippen LogP) is 6.26. The molecule has 0 aliphatic carbocycles. The Labute approximate surface area is 353 Å². The number of fused-ring (bicyclic) bond motifs is 4. The molecule has 0 spiro atoms. The molecule has 0 fully saturated rings. The summed E-state index contributed by atoms with van der Waals surface area (Å²) in [6, 6.07) is 7.41. The first kappa shape index (κ1) is 45.3. The number of benzene rings is 2. The second-order valence-electron chi connectivity index (χ2n) is 14.8. The number of ether oxygens (including phenoxy) is 10. The van der Waals surface area contributed by atoms with Crippen LogP contribution >= 0.6 is 0 Å². The third kappa shape index (κ3) is 14.8. The van der Waals surface area contributed by atoms with Crippen molar-refractivity contribution in [2.75, 3.05) is 112 Å². The van der Waals surface area contributed by atoms with Crippen LogP contribution in [-0.4, -0.2) is 138 Å². The number of H-pyrrole nitrogens is 1. The maximum atomic E-state index is 13.7. The van der Waals surface area contributed by atoms with Crippen molar-refractivity contribution in [3.05, 3.63) is 24.3 Å². The summed E-state index contributed by atoms with van der Waals surface area (Å²) in [5.41, 5.74) is 2.67. The molecule has 0 bridgehead atoms. The second kappa shape index (κ2) is 26.2. The minimum Gasteiger partial charge on any atom is -0.487 e. The van der Waals surface area contributed by atoms with Crippen molar-refractivity contribution in [1.82, 2.24) is 24.8 Å². The lowest BCUT2D eigenvalue weighted by Crippen LogP contribution is -2.28. The molecule has 16 heteroatoms. The van der Waals surface area contributed by atoms with E-state index in [4.69, 9.17) is 57.3 Å². The zero-order valence-corrected chi connectivity index (χ0v) is 35.4. The highest BCUT2D eigenvalue weighted by molar-refractivity contribution is 5.88. The Bertz CT molecular complexity index is 1800. The molecule has 0 atom stereocenters. The van der Waals surface area contributed by atoms with Gasteiger partial charge >= 0.3 is 0 Å². The van der Waals surface area contributed by atoms with E-state index in [1.54, 1.807) is 0 Å². The van der Waals surface area contributed by atoms with Gasteiger partial charge in [0.05, 0.1) is 101 Å². The molecule has 0 radical (unpaired) electrons. The van der Waals surface area contributed by atoms with Gasteiger partial charge in [0.25, 0.3) is 0 Å². The number of amides is 1. The summed E-state index contributed by atoms with van der Waals surface area (Å²) >= 11 is 0. The van der Waals surface area contributed by atoms with Crippen molar-refractivity contribution in [1.29, 1.82) is 0 Å². The van der Waals surface area contributed by atoms with E-state index >= 15 is 0 Å². The highest BCUT2D eigenvalue weighted by Gasteiger charge is 2.22. The Balaban J connectivity index is 1.23. The monoisotopic (exact) mass is 839 g/mol. The minimum atomic E-state index is -0.120. The Morgan fingerprint density at radius 1 is 0.550 bits per heavy atom. The molecule has 0 saturated carbocycles. The zero-order chi connectivity index (χ0) is 41.5. The Hall–Kier alpha value is -4.19. The SMILES string of the molecule is CCCCCCCCCCCCNC(=O)Cn1c(-c2nc3cc4c(cc3[nH]2)OCCOCCOCCOCCO4)nc2cc3c(cc21)OCCOCCOCCOCCO3. The van der Waals surface area contributed by atoms with E-state index in [-0.39, 0.29) is 12.5 Å².